The van der Waals surface area contributed by atoms with E-state index in [4.69, 9.17) is 43.7 Å². The van der Waals surface area contributed by atoms with E-state index in [0.29, 0.717) is 21.3 Å². The zero-order valence-corrected chi connectivity index (χ0v) is 21.2. The third kappa shape index (κ3) is 6.90. The number of benzene rings is 3. The van der Waals surface area contributed by atoms with Crippen LogP contribution in [0, 0.1) is 11.3 Å². The summed E-state index contributed by atoms with van der Waals surface area (Å²) < 4.78 is 36.2. The van der Waals surface area contributed by atoms with E-state index in [-0.39, 0.29) is 33.6 Å². The highest BCUT2D eigenvalue weighted by atomic mass is 35.5. The average Bonchev–Trinajstić information content (AvgIpc) is 2.81. The van der Waals surface area contributed by atoms with Gasteiger partial charge >= 0.3 is 10.1 Å². The molecule has 0 aromatic heterocycles. The lowest BCUT2D eigenvalue weighted by Crippen LogP contribution is -2.13. The standard InChI is InChI=1S/C24H17Cl3N2O5S/c1-2-33-22-13-15(11-16(14-28)24(30)29-19-7-3-17(25)4-8-19)12-21(27)23(22)34-35(31,32)20-9-5-18(26)6-10-20/h3-13H,2H2,1H3,(H,29,30)/b16-11+. The van der Waals surface area contributed by atoms with Crippen LogP contribution in [0.4, 0.5) is 5.69 Å². The zero-order chi connectivity index (χ0) is 25.6. The lowest BCUT2D eigenvalue weighted by atomic mass is 10.1. The molecular weight excluding hydrogens is 535 g/mol. The number of anilines is 1. The first-order valence-corrected chi connectivity index (χ1v) is 12.5. The summed E-state index contributed by atoms with van der Waals surface area (Å²) in [6.07, 6.45) is 1.29. The smallest absolute Gasteiger partial charge is 0.339 e. The SMILES string of the molecule is CCOc1cc(/C=C(\C#N)C(=O)Nc2ccc(Cl)cc2)cc(Cl)c1OS(=O)(=O)c1ccc(Cl)cc1. The number of nitriles is 1. The van der Waals surface area contributed by atoms with Crippen molar-refractivity contribution >= 4 is 62.6 Å². The summed E-state index contributed by atoms with van der Waals surface area (Å²) in [4.78, 5) is 12.4. The predicted molar refractivity (Wildman–Crippen MR) is 136 cm³/mol. The van der Waals surface area contributed by atoms with Gasteiger partial charge in [-0.3, -0.25) is 4.79 Å². The molecule has 3 rings (SSSR count). The van der Waals surface area contributed by atoms with Crippen molar-refractivity contribution in [2.24, 2.45) is 0 Å². The van der Waals surface area contributed by atoms with Crippen LogP contribution in [0.25, 0.3) is 6.08 Å². The van der Waals surface area contributed by atoms with Crippen molar-refractivity contribution in [3.63, 3.8) is 0 Å². The Balaban J connectivity index is 1.93. The van der Waals surface area contributed by atoms with Crippen LogP contribution in [0.15, 0.2) is 71.1 Å². The molecule has 0 atom stereocenters. The van der Waals surface area contributed by atoms with Crippen LogP contribution in [0.2, 0.25) is 15.1 Å². The molecular formula is C24H17Cl3N2O5S. The molecule has 11 heteroatoms. The Bertz CT molecular complexity index is 1420. The molecule has 0 radical (unpaired) electrons. The van der Waals surface area contributed by atoms with Gasteiger partial charge in [0, 0.05) is 15.7 Å². The second-order valence-corrected chi connectivity index (χ2v) is 9.71. The van der Waals surface area contributed by atoms with Crippen molar-refractivity contribution in [3.05, 3.63) is 86.9 Å². The number of rotatable bonds is 8. The first-order valence-electron chi connectivity index (χ1n) is 9.98. The van der Waals surface area contributed by atoms with Gasteiger partial charge in [0.05, 0.1) is 11.6 Å². The largest absolute Gasteiger partial charge is 0.490 e. The number of nitrogens with zero attached hydrogens (tertiary/aromatic N) is 1. The molecule has 1 N–H and O–H groups in total. The maximum atomic E-state index is 12.7. The molecule has 35 heavy (non-hydrogen) atoms. The van der Waals surface area contributed by atoms with E-state index in [1.54, 1.807) is 31.2 Å². The third-order valence-corrected chi connectivity index (χ3v) is 6.43. The lowest BCUT2D eigenvalue weighted by Gasteiger charge is -2.14. The van der Waals surface area contributed by atoms with Crippen molar-refractivity contribution in [1.82, 2.24) is 0 Å². The van der Waals surface area contributed by atoms with Gasteiger partial charge in [0.25, 0.3) is 5.91 Å². The molecule has 1 amide bonds. The molecule has 3 aromatic carbocycles. The van der Waals surface area contributed by atoms with Gasteiger partial charge in [0.2, 0.25) is 5.75 Å². The number of hydrogen-bond donors (Lipinski definition) is 1. The van der Waals surface area contributed by atoms with Crippen molar-refractivity contribution in [2.75, 3.05) is 11.9 Å². The molecule has 0 unspecified atom stereocenters. The van der Waals surface area contributed by atoms with Crippen LogP contribution in [-0.4, -0.2) is 20.9 Å². The quantitative estimate of drug-likeness (QED) is 0.198. The predicted octanol–water partition coefficient (Wildman–Crippen LogP) is 6.36. The molecule has 180 valence electrons. The fourth-order valence-corrected chi connectivity index (χ4v) is 4.33. The van der Waals surface area contributed by atoms with Gasteiger partial charge in [-0.2, -0.15) is 13.7 Å². The van der Waals surface area contributed by atoms with Crippen LogP contribution in [0.3, 0.4) is 0 Å². The molecule has 0 aliphatic rings. The van der Waals surface area contributed by atoms with E-state index in [2.05, 4.69) is 5.32 Å². The van der Waals surface area contributed by atoms with E-state index >= 15 is 0 Å². The van der Waals surface area contributed by atoms with Crippen molar-refractivity contribution in [1.29, 1.82) is 5.26 Å². The molecule has 0 spiro atoms. The molecule has 0 saturated heterocycles. The number of hydrogen-bond acceptors (Lipinski definition) is 6. The normalized spacial score (nSPS) is 11.5. The minimum atomic E-state index is -4.25. The number of halogens is 3. The van der Waals surface area contributed by atoms with Gasteiger partial charge in [0.1, 0.15) is 16.5 Å². The Labute approximate surface area is 217 Å². The summed E-state index contributed by atoms with van der Waals surface area (Å²) >= 11 is 18.0. The van der Waals surface area contributed by atoms with Crippen LogP contribution >= 0.6 is 34.8 Å². The van der Waals surface area contributed by atoms with Crippen LogP contribution in [-0.2, 0) is 14.9 Å². The zero-order valence-electron chi connectivity index (χ0n) is 18.1. The number of carbonyl (C=O) groups is 1. The Morgan fingerprint density at radius 1 is 1.03 bits per heavy atom. The van der Waals surface area contributed by atoms with E-state index in [0.717, 1.165) is 0 Å². The molecule has 0 heterocycles. The number of ether oxygens (including phenoxy) is 1. The van der Waals surface area contributed by atoms with E-state index in [9.17, 15) is 18.5 Å². The van der Waals surface area contributed by atoms with E-state index in [1.165, 1.54) is 42.5 Å². The van der Waals surface area contributed by atoms with Crippen molar-refractivity contribution in [2.45, 2.75) is 11.8 Å². The molecule has 7 nitrogen and oxygen atoms in total. The summed E-state index contributed by atoms with van der Waals surface area (Å²) in [5.41, 5.74) is 0.545. The maximum absolute atomic E-state index is 12.7. The first kappa shape index (κ1) is 26.4. The average molecular weight is 552 g/mol. The third-order valence-electron chi connectivity index (χ3n) is 4.41. The molecule has 0 aliphatic carbocycles. The Kier molecular flexibility index (Phi) is 8.65. The van der Waals surface area contributed by atoms with Gasteiger partial charge < -0.3 is 14.2 Å². The topological polar surface area (TPSA) is 105 Å². The second kappa shape index (κ2) is 11.5. The number of amides is 1. The molecule has 3 aromatic rings. The second-order valence-electron chi connectivity index (χ2n) is 6.89. The van der Waals surface area contributed by atoms with Gasteiger partial charge in [-0.15, -0.1) is 0 Å². The minimum Gasteiger partial charge on any atom is -0.490 e. The monoisotopic (exact) mass is 550 g/mol. The molecule has 0 bridgehead atoms. The minimum absolute atomic E-state index is 0.0131. The van der Waals surface area contributed by atoms with Crippen LogP contribution in [0.5, 0.6) is 11.5 Å². The molecule has 0 aliphatic heterocycles. The van der Waals surface area contributed by atoms with Crippen LogP contribution < -0.4 is 14.2 Å². The highest BCUT2D eigenvalue weighted by Gasteiger charge is 2.23. The summed E-state index contributed by atoms with van der Waals surface area (Å²) in [6.45, 7) is 1.86. The fourth-order valence-electron chi connectivity index (χ4n) is 2.82. The van der Waals surface area contributed by atoms with Gasteiger partial charge in [-0.25, -0.2) is 0 Å². The van der Waals surface area contributed by atoms with E-state index < -0.39 is 16.0 Å². The molecule has 0 saturated carbocycles. The van der Waals surface area contributed by atoms with Gasteiger partial charge in [-0.05, 0) is 79.2 Å². The Morgan fingerprint density at radius 3 is 2.20 bits per heavy atom. The summed E-state index contributed by atoms with van der Waals surface area (Å²) in [5.74, 6) is -0.876. The highest BCUT2D eigenvalue weighted by Crippen LogP contribution is 2.39. The van der Waals surface area contributed by atoms with Crippen molar-refractivity contribution in [3.8, 4) is 17.6 Å². The summed E-state index contributed by atoms with van der Waals surface area (Å²) in [6, 6.07) is 16.4. The number of carbonyl (C=O) groups excluding carboxylic acids is 1. The van der Waals surface area contributed by atoms with Gasteiger partial charge in [0.15, 0.2) is 5.75 Å². The summed E-state index contributed by atoms with van der Waals surface area (Å²) in [7, 11) is -4.25. The number of nitrogens with one attached hydrogen (secondary N) is 1. The van der Waals surface area contributed by atoms with Crippen molar-refractivity contribution < 1.29 is 22.1 Å². The van der Waals surface area contributed by atoms with Gasteiger partial charge in [-0.1, -0.05) is 34.8 Å². The van der Waals surface area contributed by atoms with Crippen LogP contribution in [0.1, 0.15) is 12.5 Å². The molecule has 0 fully saturated rings. The Morgan fingerprint density at radius 2 is 1.63 bits per heavy atom. The maximum Gasteiger partial charge on any atom is 0.339 e. The summed E-state index contributed by atoms with van der Waals surface area (Å²) in [5, 5.41) is 12.8. The Hall–Kier alpha value is -3.22. The highest BCUT2D eigenvalue weighted by molar-refractivity contribution is 7.87. The lowest BCUT2D eigenvalue weighted by molar-refractivity contribution is -0.112. The first-order chi connectivity index (χ1) is 16.6. The van der Waals surface area contributed by atoms with E-state index in [1.807, 2.05) is 6.07 Å². The fraction of sp³-hybridized carbons (Fsp3) is 0.0833.